The summed E-state index contributed by atoms with van der Waals surface area (Å²) in [6, 6.07) is 6.90. The lowest BCUT2D eigenvalue weighted by Gasteiger charge is -2.25. The SMILES string of the molecule is COC(=O)c1c(CCl)oc2c1C(O)c1ccccc1C2O. The molecule has 0 saturated carbocycles. The van der Waals surface area contributed by atoms with Crippen molar-refractivity contribution in [2.75, 3.05) is 7.11 Å². The van der Waals surface area contributed by atoms with E-state index in [0.717, 1.165) is 0 Å². The number of alkyl halides is 1. The number of carbonyl (C=O) groups is 1. The van der Waals surface area contributed by atoms with E-state index < -0.39 is 18.2 Å². The lowest BCUT2D eigenvalue weighted by atomic mass is 9.84. The molecule has 0 saturated heterocycles. The van der Waals surface area contributed by atoms with Gasteiger partial charge in [0.2, 0.25) is 0 Å². The van der Waals surface area contributed by atoms with Crippen LogP contribution >= 0.6 is 11.6 Å². The largest absolute Gasteiger partial charge is 0.465 e. The molecule has 2 N–H and O–H groups in total. The number of carbonyl (C=O) groups excluding carboxylic acids is 1. The number of rotatable bonds is 2. The van der Waals surface area contributed by atoms with E-state index in [1.807, 2.05) is 0 Å². The van der Waals surface area contributed by atoms with E-state index in [1.54, 1.807) is 24.3 Å². The van der Waals surface area contributed by atoms with Crippen LogP contribution in [0.25, 0.3) is 0 Å². The summed E-state index contributed by atoms with van der Waals surface area (Å²) in [5.74, 6) is -0.398. The Bertz CT molecular complexity index is 706. The van der Waals surface area contributed by atoms with Gasteiger partial charge in [0, 0.05) is 5.56 Å². The summed E-state index contributed by atoms with van der Waals surface area (Å²) in [4.78, 5) is 12.0. The molecule has 2 unspecified atom stereocenters. The summed E-state index contributed by atoms with van der Waals surface area (Å²) in [5.41, 5.74) is 1.39. The van der Waals surface area contributed by atoms with Crippen molar-refractivity contribution in [3.63, 3.8) is 0 Å². The maximum absolute atomic E-state index is 12.0. The summed E-state index contributed by atoms with van der Waals surface area (Å²) in [6.45, 7) is 0. The number of aliphatic hydroxyl groups excluding tert-OH is 2. The van der Waals surface area contributed by atoms with Crippen LogP contribution < -0.4 is 0 Å². The lowest BCUT2D eigenvalue weighted by molar-refractivity contribution is 0.0593. The minimum Gasteiger partial charge on any atom is -0.465 e. The zero-order valence-corrected chi connectivity index (χ0v) is 11.9. The smallest absolute Gasteiger partial charge is 0.341 e. The van der Waals surface area contributed by atoms with Gasteiger partial charge in [0.25, 0.3) is 0 Å². The molecule has 6 heteroatoms. The molecule has 1 aromatic carbocycles. The Morgan fingerprint density at radius 3 is 2.48 bits per heavy atom. The maximum Gasteiger partial charge on any atom is 0.341 e. The number of aliphatic hydroxyl groups is 2. The highest BCUT2D eigenvalue weighted by molar-refractivity contribution is 6.17. The zero-order valence-electron chi connectivity index (χ0n) is 11.2. The van der Waals surface area contributed by atoms with Crippen molar-refractivity contribution < 1.29 is 24.2 Å². The van der Waals surface area contributed by atoms with Crippen LogP contribution in [0.15, 0.2) is 28.7 Å². The standard InChI is InChI=1S/C15H13ClO5/c1-20-15(19)10-9(6-16)21-14-11(10)12(17)7-4-2-3-5-8(7)13(14)18/h2-5,12-13,17-18H,6H2,1H3. The van der Waals surface area contributed by atoms with Crippen molar-refractivity contribution in [1.82, 2.24) is 0 Å². The van der Waals surface area contributed by atoms with Gasteiger partial charge < -0.3 is 19.4 Å². The van der Waals surface area contributed by atoms with Gasteiger partial charge in [0.1, 0.15) is 29.3 Å². The van der Waals surface area contributed by atoms with E-state index in [2.05, 4.69) is 0 Å². The first-order chi connectivity index (χ1) is 10.1. The Morgan fingerprint density at radius 1 is 1.29 bits per heavy atom. The van der Waals surface area contributed by atoms with E-state index in [-0.39, 0.29) is 28.5 Å². The Kier molecular flexibility index (Phi) is 3.49. The Morgan fingerprint density at radius 2 is 1.90 bits per heavy atom. The average molecular weight is 309 g/mol. The molecule has 110 valence electrons. The monoisotopic (exact) mass is 308 g/mol. The fourth-order valence-corrected chi connectivity index (χ4v) is 2.90. The Balaban J connectivity index is 2.26. The summed E-state index contributed by atoms with van der Waals surface area (Å²) < 4.78 is 10.2. The third-order valence-corrected chi connectivity index (χ3v) is 3.91. The fraction of sp³-hybridized carbons (Fsp3) is 0.267. The molecule has 0 aliphatic heterocycles. The van der Waals surface area contributed by atoms with Crippen LogP contribution in [-0.4, -0.2) is 23.3 Å². The molecule has 21 heavy (non-hydrogen) atoms. The first-order valence-electron chi connectivity index (χ1n) is 6.34. The predicted octanol–water partition coefficient (Wildman–Crippen LogP) is 2.28. The van der Waals surface area contributed by atoms with Crippen LogP contribution in [0.2, 0.25) is 0 Å². The van der Waals surface area contributed by atoms with Crippen LogP contribution in [0.1, 0.15) is 50.8 Å². The van der Waals surface area contributed by atoms with Gasteiger partial charge in [0.15, 0.2) is 0 Å². The van der Waals surface area contributed by atoms with Gasteiger partial charge in [-0.05, 0) is 11.1 Å². The molecule has 1 aliphatic rings. The topological polar surface area (TPSA) is 79.9 Å². The number of benzene rings is 1. The second kappa shape index (κ2) is 5.18. The quantitative estimate of drug-likeness (QED) is 0.657. The number of hydrogen-bond donors (Lipinski definition) is 2. The highest BCUT2D eigenvalue weighted by Gasteiger charge is 2.39. The molecule has 0 spiro atoms. The molecule has 0 radical (unpaired) electrons. The van der Waals surface area contributed by atoms with E-state index in [9.17, 15) is 15.0 Å². The van der Waals surface area contributed by atoms with Crippen molar-refractivity contribution >= 4 is 17.6 Å². The van der Waals surface area contributed by atoms with E-state index in [4.69, 9.17) is 20.8 Å². The fourth-order valence-electron chi connectivity index (χ4n) is 2.71. The number of esters is 1. The van der Waals surface area contributed by atoms with Crippen molar-refractivity contribution in [2.45, 2.75) is 18.1 Å². The van der Waals surface area contributed by atoms with Crippen LogP contribution in [0, 0.1) is 0 Å². The number of hydrogen-bond acceptors (Lipinski definition) is 5. The second-order valence-electron chi connectivity index (χ2n) is 4.74. The van der Waals surface area contributed by atoms with E-state index in [1.165, 1.54) is 7.11 Å². The predicted molar refractivity (Wildman–Crippen MR) is 74.2 cm³/mol. The minimum atomic E-state index is -1.07. The van der Waals surface area contributed by atoms with Crippen molar-refractivity contribution in [3.8, 4) is 0 Å². The summed E-state index contributed by atoms with van der Waals surface area (Å²) in [6.07, 6.45) is -2.13. The third-order valence-electron chi connectivity index (χ3n) is 3.66. The van der Waals surface area contributed by atoms with Gasteiger partial charge in [-0.25, -0.2) is 4.79 Å². The summed E-state index contributed by atoms with van der Waals surface area (Å²) in [7, 11) is 1.24. The summed E-state index contributed by atoms with van der Waals surface area (Å²) in [5, 5.41) is 21.0. The molecule has 0 bridgehead atoms. The van der Waals surface area contributed by atoms with E-state index in [0.29, 0.717) is 11.1 Å². The van der Waals surface area contributed by atoms with Gasteiger partial charge >= 0.3 is 5.97 Å². The molecule has 5 nitrogen and oxygen atoms in total. The van der Waals surface area contributed by atoms with Gasteiger partial charge in [-0.1, -0.05) is 24.3 Å². The normalized spacial score (nSPS) is 19.8. The van der Waals surface area contributed by atoms with Crippen molar-refractivity contribution in [2.24, 2.45) is 0 Å². The number of halogens is 1. The maximum atomic E-state index is 12.0. The Labute approximate surface area is 125 Å². The summed E-state index contributed by atoms with van der Waals surface area (Å²) >= 11 is 5.79. The van der Waals surface area contributed by atoms with Gasteiger partial charge in [-0.15, -0.1) is 11.6 Å². The number of methoxy groups -OCH3 is 1. The molecule has 1 heterocycles. The first kappa shape index (κ1) is 14.1. The molecule has 1 aromatic heterocycles. The van der Waals surface area contributed by atoms with Gasteiger partial charge in [-0.2, -0.15) is 0 Å². The first-order valence-corrected chi connectivity index (χ1v) is 6.88. The minimum absolute atomic E-state index is 0.0623. The number of furan rings is 1. The molecular weight excluding hydrogens is 296 g/mol. The zero-order chi connectivity index (χ0) is 15.1. The highest BCUT2D eigenvalue weighted by atomic mass is 35.5. The lowest BCUT2D eigenvalue weighted by Crippen LogP contribution is -2.19. The molecule has 0 fully saturated rings. The van der Waals surface area contributed by atoms with Crippen LogP contribution in [-0.2, 0) is 10.6 Å². The highest BCUT2D eigenvalue weighted by Crippen LogP contribution is 2.45. The van der Waals surface area contributed by atoms with Crippen molar-refractivity contribution in [1.29, 1.82) is 0 Å². The van der Waals surface area contributed by atoms with Crippen LogP contribution in [0.5, 0.6) is 0 Å². The molecular formula is C15H13ClO5. The number of ether oxygens (including phenoxy) is 1. The molecule has 2 aromatic rings. The number of fused-ring (bicyclic) bond motifs is 2. The van der Waals surface area contributed by atoms with Crippen LogP contribution in [0.3, 0.4) is 0 Å². The second-order valence-corrected chi connectivity index (χ2v) is 5.00. The van der Waals surface area contributed by atoms with Gasteiger partial charge in [0.05, 0.1) is 13.0 Å². The van der Waals surface area contributed by atoms with Crippen molar-refractivity contribution in [3.05, 3.63) is 58.0 Å². The molecule has 3 rings (SSSR count). The molecule has 2 atom stereocenters. The molecule has 1 aliphatic carbocycles. The van der Waals surface area contributed by atoms with E-state index >= 15 is 0 Å². The average Bonchev–Trinajstić information content (AvgIpc) is 2.91. The van der Waals surface area contributed by atoms with Gasteiger partial charge in [-0.3, -0.25) is 0 Å². The molecule has 0 amide bonds. The Hall–Kier alpha value is -1.82. The third kappa shape index (κ3) is 1.97. The van der Waals surface area contributed by atoms with Crippen LogP contribution in [0.4, 0.5) is 0 Å².